The normalized spacial score (nSPS) is 17.8. The second kappa shape index (κ2) is 7.04. The average molecular weight is 300 g/mol. The average Bonchev–Trinajstić information content (AvgIpc) is 2.45. The summed E-state index contributed by atoms with van der Waals surface area (Å²) < 4.78 is 12.9. The maximum Gasteiger partial charge on any atom is 0.252 e. The van der Waals surface area contributed by atoms with Gasteiger partial charge in [-0.15, -0.1) is 0 Å². The highest BCUT2D eigenvalue weighted by molar-refractivity contribution is 6.33. The van der Waals surface area contributed by atoms with Crippen LogP contribution in [0.15, 0.2) is 18.2 Å². The van der Waals surface area contributed by atoms with Gasteiger partial charge in [0.15, 0.2) is 0 Å². The molecule has 1 fully saturated rings. The number of amides is 1. The zero-order chi connectivity index (χ0) is 14.5. The fraction of sp³-hybridized carbons (Fsp3) is 0.533. The van der Waals surface area contributed by atoms with Gasteiger partial charge in [0.05, 0.1) is 16.7 Å². The van der Waals surface area contributed by atoms with Crippen molar-refractivity contribution in [3.8, 4) is 0 Å². The first kappa shape index (κ1) is 15.3. The van der Waals surface area contributed by atoms with Gasteiger partial charge in [-0.05, 0) is 37.0 Å². The van der Waals surface area contributed by atoms with E-state index in [0.717, 1.165) is 31.7 Å². The molecule has 1 amide bonds. The van der Waals surface area contributed by atoms with Gasteiger partial charge in [-0.25, -0.2) is 4.39 Å². The second-order valence-corrected chi connectivity index (χ2v) is 5.71. The summed E-state index contributed by atoms with van der Waals surface area (Å²) >= 11 is 5.83. The largest absolute Gasteiger partial charge is 0.391 e. The third-order valence-corrected chi connectivity index (χ3v) is 4.15. The first-order chi connectivity index (χ1) is 9.58. The molecule has 0 unspecified atom stereocenters. The maximum atomic E-state index is 12.9. The summed E-state index contributed by atoms with van der Waals surface area (Å²) in [6.07, 6.45) is 4.99. The Kier molecular flexibility index (Phi) is 5.38. The second-order valence-electron chi connectivity index (χ2n) is 5.30. The van der Waals surface area contributed by atoms with Gasteiger partial charge in [0.25, 0.3) is 5.91 Å². The van der Waals surface area contributed by atoms with Gasteiger partial charge >= 0.3 is 0 Å². The van der Waals surface area contributed by atoms with E-state index in [0.29, 0.717) is 0 Å². The van der Waals surface area contributed by atoms with Crippen molar-refractivity contribution in [1.82, 2.24) is 5.32 Å². The molecule has 3 nitrogen and oxygen atoms in total. The van der Waals surface area contributed by atoms with E-state index >= 15 is 0 Å². The van der Waals surface area contributed by atoms with Crippen molar-refractivity contribution in [2.75, 3.05) is 6.54 Å². The third kappa shape index (κ3) is 3.93. The van der Waals surface area contributed by atoms with Crippen LogP contribution in [0.3, 0.4) is 0 Å². The lowest BCUT2D eigenvalue weighted by Crippen LogP contribution is -2.37. The lowest BCUT2D eigenvalue weighted by atomic mass is 9.85. The van der Waals surface area contributed by atoms with E-state index in [-0.39, 0.29) is 29.0 Å². The molecule has 20 heavy (non-hydrogen) atoms. The summed E-state index contributed by atoms with van der Waals surface area (Å²) in [6, 6.07) is 3.65. The molecule has 0 bridgehead atoms. The summed E-state index contributed by atoms with van der Waals surface area (Å²) in [5.74, 6) is -0.605. The molecule has 1 aromatic carbocycles. The Morgan fingerprint density at radius 2 is 2.10 bits per heavy atom. The summed E-state index contributed by atoms with van der Waals surface area (Å²) in [7, 11) is 0. The van der Waals surface area contributed by atoms with Gasteiger partial charge in [0.1, 0.15) is 5.82 Å². The van der Waals surface area contributed by atoms with Crippen molar-refractivity contribution in [2.45, 2.75) is 38.2 Å². The molecule has 0 aromatic heterocycles. The third-order valence-electron chi connectivity index (χ3n) is 3.84. The van der Waals surface area contributed by atoms with E-state index in [1.165, 1.54) is 18.6 Å². The van der Waals surface area contributed by atoms with Crippen LogP contribution in [-0.4, -0.2) is 23.7 Å². The fourth-order valence-corrected chi connectivity index (χ4v) is 2.90. The van der Waals surface area contributed by atoms with Crippen LogP contribution in [0.2, 0.25) is 5.02 Å². The maximum absolute atomic E-state index is 12.9. The minimum absolute atomic E-state index is 0.0784. The Morgan fingerprint density at radius 1 is 1.40 bits per heavy atom. The smallest absolute Gasteiger partial charge is 0.252 e. The lowest BCUT2D eigenvalue weighted by Gasteiger charge is -2.26. The number of halogens is 2. The van der Waals surface area contributed by atoms with Crippen LogP contribution in [0.1, 0.15) is 42.5 Å². The van der Waals surface area contributed by atoms with Crippen molar-refractivity contribution in [1.29, 1.82) is 0 Å². The Morgan fingerprint density at radius 3 is 2.75 bits per heavy atom. The SMILES string of the molecule is O=C(NC[C@@H](O)C1CCCCC1)c1ccc(F)cc1Cl. The van der Waals surface area contributed by atoms with Crippen LogP contribution in [0, 0.1) is 11.7 Å². The minimum atomic E-state index is -0.529. The Bertz CT molecular complexity index is 475. The molecular weight excluding hydrogens is 281 g/mol. The molecule has 1 aromatic rings. The lowest BCUT2D eigenvalue weighted by molar-refractivity contribution is 0.0738. The molecule has 1 atom stereocenters. The van der Waals surface area contributed by atoms with Crippen LogP contribution in [0.4, 0.5) is 4.39 Å². The number of carbonyl (C=O) groups is 1. The van der Waals surface area contributed by atoms with Gasteiger partial charge < -0.3 is 10.4 Å². The van der Waals surface area contributed by atoms with E-state index in [2.05, 4.69) is 5.32 Å². The number of hydrogen-bond acceptors (Lipinski definition) is 2. The fourth-order valence-electron chi connectivity index (χ4n) is 2.65. The molecule has 0 radical (unpaired) electrons. The van der Waals surface area contributed by atoms with Gasteiger partial charge in [-0.1, -0.05) is 30.9 Å². The van der Waals surface area contributed by atoms with Crippen LogP contribution in [-0.2, 0) is 0 Å². The molecule has 2 rings (SSSR count). The first-order valence-electron chi connectivity index (χ1n) is 6.99. The highest BCUT2D eigenvalue weighted by Gasteiger charge is 2.22. The van der Waals surface area contributed by atoms with Crippen molar-refractivity contribution in [2.24, 2.45) is 5.92 Å². The van der Waals surface area contributed by atoms with Crippen molar-refractivity contribution in [3.63, 3.8) is 0 Å². The molecule has 1 aliphatic rings. The zero-order valence-electron chi connectivity index (χ0n) is 11.2. The standard InChI is InChI=1S/C15H19ClFNO2/c16-13-8-11(17)6-7-12(13)15(20)18-9-14(19)10-4-2-1-3-5-10/h6-8,10,14,19H,1-5,9H2,(H,18,20)/t14-/m1/s1. The highest BCUT2D eigenvalue weighted by Crippen LogP contribution is 2.26. The minimum Gasteiger partial charge on any atom is -0.391 e. The van der Waals surface area contributed by atoms with Gasteiger partial charge in [-0.3, -0.25) is 4.79 Å². The van der Waals surface area contributed by atoms with Gasteiger partial charge in [0, 0.05) is 6.54 Å². The molecular formula is C15H19ClFNO2. The molecule has 2 N–H and O–H groups in total. The molecule has 5 heteroatoms. The summed E-state index contributed by atoms with van der Waals surface area (Å²) in [5.41, 5.74) is 0.226. The number of benzene rings is 1. The molecule has 1 saturated carbocycles. The Balaban J connectivity index is 1.88. The van der Waals surface area contributed by atoms with E-state index in [4.69, 9.17) is 11.6 Å². The Hall–Kier alpha value is -1.13. The highest BCUT2D eigenvalue weighted by atomic mass is 35.5. The number of hydrogen-bond donors (Lipinski definition) is 2. The molecule has 110 valence electrons. The zero-order valence-corrected chi connectivity index (χ0v) is 12.0. The number of carbonyl (C=O) groups excluding carboxylic acids is 1. The molecule has 0 aliphatic heterocycles. The molecule has 0 spiro atoms. The summed E-state index contributed by atoms with van der Waals surface area (Å²) in [5, 5.41) is 12.8. The number of nitrogens with one attached hydrogen (secondary N) is 1. The van der Waals surface area contributed by atoms with Gasteiger partial charge in [0.2, 0.25) is 0 Å². The van der Waals surface area contributed by atoms with Crippen molar-refractivity contribution < 1.29 is 14.3 Å². The first-order valence-corrected chi connectivity index (χ1v) is 7.37. The van der Waals surface area contributed by atoms with E-state index in [9.17, 15) is 14.3 Å². The molecule has 0 heterocycles. The number of aliphatic hydroxyl groups excluding tert-OH is 1. The summed E-state index contributed by atoms with van der Waals surface area (Å²) in [6.45, 7) is 0.206. The van der Waals surface area contributed by atoms with Crippen LogP contribution in [0.25, 0.3) is 0 Å². The van der Waals surface area contributed by atoms with Gasteiger partial charge in [-0.2, -0.15) is 0 Å². The van der Waals surface area contributed by atoms with Crippen molar-refractivity contribution >= 4 is 17.5 Å². The number of rotatable bonds is 4. The van der Waals surface area contributed by atoms with Crippen LogP contribution < -0.4 is 5.32 Å². The van der Waals surface area contributed by atoms with Crippen molar-refractivity contribution in [3.05, 3.63) is 34.6 Å². The Labute approximate surface area is 123 Å². The van der Waals surface area contributed by atoms with Crippen LogP contribution in [0.5, 0.6) is 0 Å². The molecule has 0 saturated heterocycles. The van der Waals surface area contributed by atoms with E-state index in [1.807, 2.05) is 0 Å². The number of aliphatic hydroxyl groups is 1. The topological polar surface area (TPSA) is 49.3 Å². The monoisotopic (exact) mass is 299 g/mol. The predicted octanol–water partition coefficient (Wildman–Crippen LogP) is 3.15. The quantitative estimate of drug-likeness (QED) is 0.897. The molecule has 1 aliphatic carbocycles. The van der Waals surface area contributed by atoms with E-state index in [1.54, 1.807) is 0 Å². The summed E-state index contributed by atoms with van der Waals surface area (Å²) in [4.78, 5) is 11.9. The van der Waals surface area contributed by atoms with E-state index < -0.39 is 11.9 Å². The predicted molar refractivity (Wildman–Crippen MR) is 76.3 cm³/mol. The van der Waals surface area contributed by atoms with Crippen LogP contribution >= 0.6 is 11.6 Å².